The molecule has 2 nitrogen and oxygen atoms in total. The van der Waals surface area contributed by atoms with Crippen molar-refractivity contribution in [3.63, 3.8) is 0 Å². The van der Waals surface area contributed by atoms with E-state index in [1.807, 2.05) is 0 Å². The van der Waals surface area contributed by atoms with Crippen molar-refractivity contribution < 1.29 is 4.79 Å². The van der Waals surface area contributed by atoms with E-state index in [-0.39, 0.29) is 5.91 Å². The lowest BCUT2D eigenvalue weighted by Crippen LogP contribution is -2.22. The van der Waals surface area contributed by atoms with Crippen LogP contribution in [0, 0.1) is 12.8 Å². The van der Waals surface area contributed by atoms with Gasteiger partial charge in [-0.05, 0) is 102 Å². The Balaban J connectivity index is 1.32. The van der Waals surface area contributed by atoms with Crippen LogP contribution < -0.4 is 5.32 Å². The molecule has 1 fully saturated rings. The highest BCUT2D eigenvalue weighted by atomic mass is 16.1. The molecule has 0 unspecified atom stereocenters. The molecular formula is C36H45NO. The maximum Gasteiger partial charge on any atom is 0.243 e. The second-order valence-corrected chi connectivity index (χ2v) is 11.2. The molecule has 1 saturated carbocycles. The lowest BCUT2D eigenvalue weighted by Gasteiger charge is -2.29. The molecule has 2 heteroatoms. The highest BCUT2D eigenvalue weighted by Gasteiger charge is 2.22. The number of rotatable bonds is 12. The zero-order valence-corrected chi connectivity index (χ0v) is 23.5. The lowest BCUT2D eigenvalue weighted by atomic mass is 9.77. The summed E-state index contributed by atoms with van der Waals surface area (Å²) in [6, 6.07) is 25.1. The summed E-state index contributed by atoms with van der Waals surface area (Å²) in [4.78, 5) is 11.3. The molecule has 1 amide bonds. The first-order valence-electron chi connectivity index (χ1n) is 14.8. The van der Waals surface area contributed by atoms with Crippen molar-refractivity contribution >= 4 is 5.91 Å². The maximum atomic E-state index is 11.3. The fourth-order valence-corrected chi connectivity index (χ4v) is 6.01. The van der Waals surface area contributed by atoms with Crippen LogP contribution in [0.3, 0.4) is 0 Å². The van der Waals surface area contributed by atoms with Gasteiger partial charge in [0.1, 0.15) is 0 Å². The molecule has 3 aromatic carbocycles. The van der Waals surface area contributed by atoms with E-state index in [1.165, 1.54) is 96.4 Å². The van der Waals surface area contributed by atoms with Crippen LogP contribution in [0.25, 0.3) is 22.3 Å². The van der Waals surface area contributed by atoms with Gasteiger partial charge in [-0.15, -0.1) is 0 Å². The summed E-state index contributed by atoms with van der Waals surface area (Å²) in [6.45, 7) is 8.67. The number of carbonyl (C=O) groups is 1. The molecule has 1 aliphatic rings. The summed E-state index contributed by atoms with van der Waals surface area (Å²) in [5, 5.41) is 2.84. The summed E-state index contributed by atoms with van der Waals surface area (Å²) >= 11 is 0. The van der Waals surface area contributed by atoms with E-state index >= 15 is 0 Å². The van der Waals surface area contributed by atoms with Gasteiger partial charge in [-0.1, -0.05) is 106 Å². The maximum absolute atomic E-state index is 11.3. The normalized spacial score (nSPS) is 17.2. The van der Waals surface area contributed by atoms with Crippen LogP contribution in [0.5, 0.6) is 0 Å². The highest BCUT2D eigenvalue weighted by molar-refractivity contribution is 5.86. The third-order valence-corrected chi connectivity index (χ3v) is 8.40. The number of aryl methyl sites for hydroxylation is 2. The summed E-state index contributed by atoms with van der Waals surface area (Å²) < 4.78 is 0. The van der Waals surface area contributed by atoms with Crippen molar-refractivity contribution in [2.45, 2.75) is 84.0 Å². The number of unbranched alkanes of at least 4 members (excludes halogenated alkanes) is 2. The van der Waals surface area contributed by atoms with Gasteiger partial charge in [0.05, 0.1) is 0 Å². The Labute approximate surface area is 230 Å². The van der Waals surface area contributed by atoms with Crippen LogP contribution in [-0.2, 0) is 11.2 Å². The van der Waals surface area contributed by atoms with Gasteiger partial charge in [-0.25, -0.2) is 0 Å². The minimum absolute atomic E-state index is 0.106. The first-order chi connectivity index (χ1) is 18.6. The van der Waals surface area contributed by atoms with Crippen molar-refractivity contribution in [2.24, 2.45) is 5.92 Å². The summed E-state index contributed by atoms with van der Waals surface area (Å²) in [6.07, 6.45) is 14.3. The Morgan fingerprint density at radius 2 is 1.55 bits per heavy atom. The molecule has 0 aliphatic heterocycles. The minimum atomic E-state index is -0.106. The van der Waals surface area contributed by atoms with Crippen molar-refractivity contribution in [3.8, 4) is 22.3 Å². The smallest absolute Gasteiger partial charge is 0.243 e. The Bertz CT molecular complexity index is 1170. The second kappa shape index (κ2) is 14.1. The van der Waals surface area contributed by atoms with E-state index < -0.39 is 0 Å². The van der Waals surface area contributed by atoms with Crippen LogP contribution in [0.4, 0.5) is 0 Å². The van der Waals surface area contributed by atoms with Gasteiger partial charge in [0.25, 0.3) is 0 Å². The van der Waals surface area contributed by atoms with E-state index in [9.17, 15) is 4.79 Å². The molecule has 0 atom stereocenters. The molecule has 0 saturated heterocycles. The molecule has 1 aliphatic carbocycles. The zero-order valence-electron chi connectivity index (χ0n) is 23.5. The number of amides is 1. The molecule has 0 spiro atoms. The van der Waals surface area contributed by atoms with Crippen LogP contribution in [0.15, 0.2) is 79.4 Å². The predicted molar refractivity (Wildman–Crippen MR) is 162 cm³/mol. The second-order valence-electron chi connectivity index (χ2n) is 11.2. The number of carbonyl (C=O) groups excluding carboxylic acids is 1. The molecule has 0 radical (unpaired) electrons. The van der Waals surface area contributed by atoms with Crippen LogP contribution in [-0.4, -0.2) is 12.5 Å². The number of hydrogen-bond acceptors (Lipinski definition) is 1. The average molecular weight is 508 g/mol. The predicted octanol–water partition coefficient (Wildman–Crippen LogP) is 9.42. The molecule has 0 bridgehead atoms. The average Bonchev–Trinajstić information content (AvgIpc) is 2.96. The molecular weight excluding hydrogens is 462 g/mol. The molecule has 4 rings (SSSR count). The summed E-state index contributed by atoms with van der Waals surface area (Å²) in [5.41, 5.74) is 9.24. The van der Waals surface area contributed by atoms with Crippen LogP contribution in [0.2, 0.25) is 0 Å². The van der Waals surface area contributed by atoms with E-state index in [4.69, 9.17) is 0 Å². The Hall–Kier alpha value is -3.13. The molecule has 0 heterocycles. The fraction of sp³-hybridized carbons (Fsp3) is 0.417. The SMILES string of the molecule is C=CC(=O)NCCCc1ccc(-c2ccc(-c3ccc(C4CCC(CCCCC)CC4)cc3)cc2C)cc1. The standard InChI is InChI=1S/C36H45NO/c1-4-6-7-9-28-11-15-30(16-12-28)31-19-21-32(22-20-31)34-23-24-35(27(3)26-34)33-17-13-29(14-18-33)10-8-25-37-36(38)5-2/h5,13-14,17-24,26,28,30H,2,4,6-12,15-16,25H2,1,3H3,(H,37,38). The van der Waals surface area contributed by atoms with Gasteiger partial charge in [0.2, 0.25) is 5.91 Å². The van der Waals surface area contributed by atoms with Gasteiger partial charge in [0.15, 0.2) is 0 Å². The molecule has 38 heavy (non-hydrogen) atoms. The quantitative estimate of drug-likeness (QED) is 0.192. The van der Waals surface area contributed by atoms with Gasteiger partial charge in [-0.2, -0.15) is 0 Å². The Morgan fingerprint density at radius 3 is 2.21 bits per heavy atom. The van der Waals surface area contributed by atoms with Gasteiger partial charge < -0.3 is 5.32 Å². The van der Waals surface area contributed by atoms with E-state index in [0.717, 1.165) is 24.7 Å². The van der Waals surface area contributed by atoms with Crippen molar-refractivity contribution in [1.29, 1.82) is 0 Å². The van der Waals surface area contributed by atoms with Gasteiger partial charge >= 0.3 is 0 Å². The fourth-order valence-electron chi connectivity index (χ4n) is 6.01. The minimum Gasteiger partial charge on any atom is -0.353 e. The molecule has 3 aromatic rings. The Kier molecular flexibility index (Phi) is 10.4. The summed E-state index contributed by atoms with van der Waals surface area (Å²) in [5.74, 6) is 1.60. The number of benzene rings is 3. The van der Waals surface area contributed by atoms with Crippen LogP contribution >= 0.6 is 0 Å². The van der Waals surface area contributed by atoms with Gasteiger partial charge in [0, 0.05) is 6.54 Å². The largest absolute Gasteiger partial charge is 0.353 e. The lowest BCUT2D eigenvalue weighted by molar-refractivity contribution is -0.116. The topological polar surface area (TPSA) is 29.1 Å². The van der Waals surface area contributed by atoms with Crippen molar-refractivity contribution in [1.82, 2.24) is 5.32 Å². The third kappa shape index (κ3) is 7.69. The van der Waals surface area contributed by atoms with Crippen molar-refractivity contribution in [2.75, 3.05) is 6.54 Å². The molecule has 1 N–H and O–H groups in total. The first kappa shape index (κ1) is 27.9. The molecule has 200 valence electrons. The van der Waals surface area contributed by atoms with Crippen LogP contribution in [0.1, 0.15) is 87.3 Å². The monoisotopic (exact) mass is 507 g/mol. The third-order valence-electron chi connectivity index (χ3n) is 8.40. The first-order valence-corrected chi connectivity index (χ1v) is 14.8. The Morgan fingerprint density at radius 1 is 0.868 bits per heavy atom. The van der Waals surface area contributed by atoms with E-state index in [0.29, 0.717) is 6.54 Å². The van der Waals surface area contributed by atoms with Crippen molar-refractivity contribution in [3.05, 3.63) is 96.1 Å². The molecule has 0 aromatic heterocycles. The van der Waals surface area contributed by atoms with E-state index in [2.05, 4.69) is 92.5 Å². The number of nitrogens with one attached hydrogen (secondary N) is 1. The summed E-state index contributed by atoms with van der Waals surface area (Å²) in [7, 11) is 0. The highest BCUT2D eigenvalue weighted by Crippen LogP contribution is 2.38. The zero-order chi connectivity index (χ0) is 26.7. The van der Waals surface area contributed by atoms with Gasteiger partial charge in [-0.3, -0.25) is 4.79 Å². The van der Waals surface area contributed by atoms with E-state index in [1.54, 1.807) is 0 Å². The number of hydrogen-bond donors (Lipinski definition) is 1.